The third kappa shape index (κ3) is 3.51. The van der Waals surface area contributed by atoms with E-state index in [0.717, 1.165) is 25.9 Å². The summed E-state index contributed by atoms with van der Waals surface area (Å²) in [4.78, 5) is 11.9. The van der Waals surface area contributed by atoms with Crippen molar-refractivity contribution >= 4 is 11.6 Å². The van der Waals surface area contributed by atoms with Gasteiger partial charge in [-0.2, -0.15) is 5.10 Å². The number of hydrogen-bond acceptors (Lipinski definition) is 3. The molecule has 3 rings (SSSR count). The van der Waals surface area contributed by atoms with E-state index in [4.69, 9.17) is 0 Å². The highest BCUT2D eigenvalue weighted by Crippen LogP contribution is 2.19. The quantitative estimate of drug-likeness (QED) is 0.891. The average Bonchev–Trinajstić information content (AvgIpc) is 3.19. The van der Waals surface area contributed by atoms with Crippen molar-refractivity contribution in [1.29, 1.82) is 0 Å². The normalized spacial score (nSPS) is 17.6. The van der Waals surface area contributed by atoms with E-state index in [-0.39, 0.29) is 5.91 Å². The molecular formula is C16H19FN4O. The molecule has 0 spiro atoms. The lowest BCUT2D eigenvalue weighted by Gasteiger charge is -2.10. The molecule has 0 saturated carbocycles. The van der Waals surface area contributed by atoms with Crippen LogP contribution in [0.1, 0.15) is 19.3 Å². The van der Waals surface area contributed by atoms with Crippen molar-refractivity contribution in [2.75, 3.05) is 18.4 Å². The van der Waals surface area contributed by atoms with Crippen molar-refractivity contribution in [3.05, 3.63) is 42.5 Å². The first-order valence-corrected chi connectivity index (χ1v) is 7.52. The molecule has 0 radical (unpaired) electrons. The summed E-state index contributed by atoms with van der Waals surface area (Å²) in [5, 5.41) is 10.0. The fourth-order valence-corrected chi connectivity index (χ4v) is 2.70. The van der Waals surface area contributed by atoms with Crippen LogP contribution < -0.4 is 10.6 Å². The Morgan fingerprint density at radius 2 is 2.41 bits per heavy atom. The van der Waals surface area contributed by atoms with Crippen LogP contribution in [0.2, 0.25) is 0 Å². The van der Waals surface area contributed by atoms with Crippen molar-refractivity contribution in [3.63, 3.8) is 0 Å². The van der Waals surface area contributed by atoms with Gasteiger partial charge in [0.1, 0.15) is 5.69 Å². The Kier molecular flexibility index (Phi) is 4.48. The molecule has 2 N–H and O–H groups in total. The zero-order valence-electron chi connectivity index (χ0n) is 12.3. The van der Waals surface area contributed by atoms with Crippen molar-refractivity contribution in [2.45, 2.75) is 19.3 Å². The van der Waals surface area contributed by atoms with Gasteiger partial charge in [0.2, 0.25) is 5.91 Å². The Balaban J connectivity index is 1.58. The van der Waals surface area contributed by atoms with Gasteiger partial charge in [0, 0.05) is 24.5 Å². The van der Waals surface area contributed by atoms with Gasteiger partial charge in [-0.05, 0) is 56.1 Å². The maximum atomic E-state index is 14.1. The maximum absolute atomic E-state index is 14.1. The molecule has 1 atom stereocenters. The number of nitrogens with zero attached hydrogens (tertiary/aromatic N) is 2. The molecule has 0 bridgehead atoms. The highest BCUT2D eigenvalue weighted by Gasteiger charge is 2.16. The SMILES string of the molecule is O=C(CCC1CCNC1)Nc1ccc(-n2cccn2)c(F)c1. The standard InChI is InChI=1S/C16H19FN4O/c17-14-10-13(3-4-15(14)21-9-1-7-19-21)20-16(22)5-2-12-6-8-18-11-12/h1,3-4,7,9-10,12,18H,2,5-6,8,11H2,(H,20,22). The van der Waals surface area contributed by atoms with E-state index >= 15 is 0 Å². The van der Waals surface area contributed by atoms with Gasteiger partial charge < -0.3 is 10.6 Å². The Bertz CT molecular complexity index is 636. The highest BCUT2D eigenvalue weighted by molar-refractivity contribution is 5.90. The lowest BCUT2D eigenvalue weighted by molar-refractivity contribution is -0.116. The van der Waals surface area contributed by atoms with E-state index in [9.17, 15) is 9.18 Å². The van der Waals surface area contributed by atoms with Crippen LogP contribution in [-0.2, 0) is 4.79 Å². The number of hydrogen-bond donors (Lipinski definition) is 2. The molecule has 1 amide bonds. The molecule has 1 aliphatic heterocycles. The lowest BCUT2D eigenvalue weighted by Crippen LogP contribution is -2.15. The number of nitrogens with one attached hydrogen (secondary N) is 2. The second kappa shape index (κ2) is 6.70. The second-order valence-corrected chi connectivity index (χ2v) is 5.56. The van der Waals surface area contributed by atoms with Crippen molar-refractivity contribution in [2.24, 2.45) is 5.92 Å². The first kappa shape index (κ1) is 14.7. The van der Waals surface area contributed by atoms with Crippen LogP contribution in [0.4, 0.5) is 10.1 Å². The largest absolute Gasteiger partial charge is 0.326 e. The summed E-state index contributed by atoms with van der Waals surface area (Å²) in [7, 11) is 0. The molecule has 6 heteroatoms. The number of carbonyl (C=O) groups excluding carboxylic acids is 1. The van der Waals surface area contributed by atoms with Gasteiger partial charge in [0.15, 0.2) is 5.82 Å². The number of halogens is 1. The fourth-order valence-electron chi connectivity index (χ4n) is 2.70. The molecule has 1 saturated heterocycles. The topological polar surface area (TPSA) is 59.0 Å². The molecule has 1 aliphatic rings. The van der Waals surface area contributed by atoms with Crippen molar-refractivity contribution in [3.8, 4) is 5.69 Å². The third-order valence-electron chi connectivity index (χ3n) is 3.92. The monoisotopic (exact) mass is 302 g/mol. The number of anilines is 1. The number of rotatable bonds is 5. The van der Waals surface area contributed by atoms with Gasteiger partial charge in [-0.25, -0.2) is 9.07 Å². The van der Waals surface area contributed by atoms with Crippen LogP contribution in [0.25, 0.3) is 5.69 Å². The van der Waals surface area contributed by atoms with E-state index in [1.165, 1.54) is 10.7 Å². The Hall–Kier alpha value is -2.21. The Labute approximate surface area is 128 Å². The van der Waals surface area contributed by atoms with Crippen LogP contribution in [0.15, 0.2) is 36.7 Å². The van der Waals surface area contributed by atoms with Gasteiger partial charge >= 0.3 is 0 Å². The molecule has 2 aromatic rings. The first-order chi connectivity index (χ1) is 10.7. The summed E-state index contributed by atoms with van der Waals surface area (Å²) >= 11 is 0. The molecule has 1 unspecified atom stereocenters. The van der Waals surface area contributed by atoms with Crippen LogP contribution in [-0.4, -0.2) is 28.8 Å². The van der Waals surface area contributed by atoms with Crippen molar-refractivity contribution in [1.82, 2.24) is 15.1 Å². The predicted octanol–water partition coefficient (Wildman–Crippen LogP) is 2.34. The molecule has 5 nitrogen and oxygen atoms in total. The number of aromatic nitrogens is 2. The van der Waals surface area contributed by atoms with Crippen LogP contribution >= 0.6 is 0 Å². The van der Waals surface area contributed by atoms with Gasteiger partial charge in [-0.1, -0.05) is 0 Å². The Morgan fingerprint density at radius 3 is 3.09 bits per heavy atom. The summed E-state index contributed by atoms with van der Waals surface area (Å²) in [5.74, 6) is 0.0873. The highest BCUT2D eigenvalue weighted by atomic mass is 19.1. The molecule has 1 aromatic carbocycles. The molecule has 2 heterocycles. The summed E-state index contributed by atoms with van der Waals surface area (Å²) in [5.41, 5.74) is 0.836. The van der Waals surface area contributed by atoms with Gasteiger partial charge in [-0.3, -0.25) is 4.79 Å². The zero-order valence-corrected chi connectivity index (χ0v) is 12.3. The first-order valence-electron chi connectivity index (χ1n) is 7.52. The van der Waals surface area contributed by atoms with E-state index in [2.05, 4.69) is 15.7 Å². The number of carbonyl (C=O) groups is 1. The van der Waals surface area contributed by atoms with Crippen LogP contribution in [0.3, 0.4) is 0 Å². The fraction of sp³-hybridized carbons (Fsp3) is 0.375. The minimum Gasteiger partial charge on any atom is -0.326 e. The minimum atomic E-state index is -0.415. The van der Waals surface area contributed by atoms with E-state index in [1.807, 2.05) is 0 Å². The molecular weight excluding hydrogens is 283 g/mol. The molecule has 1 fully saturated rings. The summed E-state index contributed by atoms with van der Waals surface area (Å²) in [6.07, 6.45) is 5.72. The van der Waals surface area contributed by atoms with Gasteiger partial charge in [-0.15, -0.1) is 0 Å². The minimum absolute atomic E-state index is 0.0712. The van der Waals surface area contributed by atoms with Crippen molar-refractivity contribution < 1.29 is 9.18 Å². The zero-order chi connectivity index (χ0) is 15.4. The van der Waals surface area contributed by atoms with E-state index < -0.39 is 5.82 Å². The molecule has 116 valence electrons. The predicted molar refractivity (Wildman–Crippen MR) is 82.4 cm³/mol. The van der Waals surface area contributed by atoms with Crippen LogP contribution in [0.5, 0.6) is 0 Å². The summed E-state index contributed by atoms with van der Waals surface area (Å²) < 4.78 is 15.5. The third-order valence-corrected chi connectivity index (χ3v) is 3.92. The molecule has 22 heavy (non-hydrogen) atoms. The van der Waals surface area contributed by atoms with E-state index in [1.54, 1.807) is 30.6 Å². The second-order valence-electron chi connectivity index (χ2n) is 5.56. The molecule has 1 aromatic heterocycles. The number of amides is 1. The summed E-state index contributed by atoms with van der Waals surface area (Å²) in [6.45, 7) is 2.02. The molecule has 0 aliphatic carbocycles. The van der Waals surface area contributed by atoms with E-state index in [0.29, 0.717) is 23.7 Å². The average molecular weight is 302 g/mol. The van der Waals surface area contributed by atoms with Crippen LogP contribution in [0, 0.1) is 11.7 Å². The number of benzene rings is 1. The maximum Gasteiger partial charge on any atom is 0.224 e. The smallest absolute Gasteiger partial charge is 0.224 e. The van der Waals surface area contributed by atoms with Gasteiger partial charge in [0.05, 0.1) is 0 Å². The summed E-state index contributed by atoms with van der Waals surface area (Å²) in [6, 6.07) is 6.35. The van der Waals surface area contributed by atoms with Gasteiger partial charge in [0.25, 0.3) is 0 Å². The Morgan fingerprint density at radius 1 is 1.50 bits per heavy atom. The lowest BCUT2D eigenvalue weighted by atomic mass is 10.0.